The second kappa shape index (κ2) is 5.91. The molecule has 2 aromatic rings. The summed E-state index contributed by atoms with van der Waals surface area (Å²) in [6.45, 7) is 7.12. The molecule has 0 aliphatic carbocycles. The second-order valence-electron chi connectivity index (χ2n) is 4.87. The first-order valence-electron chi connectivity index (χ1n) is 6.90. The van der Waals surface area contributed by atoms with Crippen LogP contribution in [0.15, 0.2) is 30.5 Å². The molecular weight excluding hydrogens is 238 g/mol. The van der Waals surface area contributed by atoms with Crippen molar-refractivity contribution in [1.82, 2.24) is 4.57 Å². The van der Waals surface area contributed by atoms with Gasteiger partial charge in [0.05, 0.1) is 13.2 Å². The molecular formula is C16H21NO2. The third kappa shape index (κ3) is 2.98. The van der Waals surface area contributed by atoms with Gasteiger partial charge in [-0.1, -0.05) is 13.8 Å². The molecule has 1 unspecified atom stereocenters. The maximum atomic E-state index is 12.0. The van der Waals surface area contributed by atoms with E-state index in [1.165, 1.54) is 0 Å². The van der Waals surface area contributed by atoms with Crippen LogP contribution in [0.5, 0.6) is 5.75 Å². The Morgan fingerprint density at radius 2 is 2.11 bits per heavy atom. The van der Waals surface area contributed by atoms with E-state index in [1.54, 1.807) is 0 Å². The number of hydrogen-bond acceptors (Lipinski definition) is 2. The van der Waals surface area contributed by atoms with Crippen LogP contribution < -0.4 is 4.74 Å². The van der Waals surface area contributed by atoms with Gasteiger partial charge in [0, 0.05) is 23.0 Å². The summed E-state index contributed by atoms with van der Waals surface area (Å²) in [5.74, 6) is 1.29. The van der Waals surface area contributed by atoms with E-state index in [2.05, 4.69) is 0 Å². The van der Waals surface area contributed by atoms with Crippen molar-refractivity contribution in [2.75, 3.05) is 6.61 Å². The molecule has 0 spiro atoms. The van der Waals surface area contributed by atoms with E-state index in [0.29, 0.717) is 13.2 Å². The fourth-order valence-electron chi connectivity index (χ4n) is 2.12. The number of Topliss-reactive ketones (excluding diaryl/α,β-unsaturated/α-hetero) is 1. The zero-order valence-electron chi connectivity index (χ0n) is 11.8. The largest absolute Gasteiger partial charge is 0.494 e. The van der Waals surface area contributed by atoms with Gasteiger partial charge in [0.15, 0.2) is 5.78 Å². The molecule has 102 valence electrons. The molecule has 2 rings (SSSR count). The first kappa shape index (κ1) is 13.7. The van der Waals surface area contributed by atoms with Crippen molar-refractivity contribution >= 4 is 16.7 Å². The summed E-state index contributed by atoms with van der Waals surface area (Å²) in [5, 5.41) is 1.11. The van der Waals surface area contributed by atoms with Crippen LogP contribution >= 0.6 is 0 Å². The van der Waals surface area contributed by atoms with E-state index in [-0.39, 0.29) is 11.7 Å². The quantitative estimate of drug-likeness (QED) is 0.792. The molecule has 1 atom stereocenters. The molecule has 3 nitrogen and oxygen atoms in total. The van der Waals surface area contributed by atoms with Crippen molar-refractivity contribution in [1.29, 1.82) is 0 Å². The molecule has 0 amide bonds. The molecule has 1 aromatic heterocycles. The maximum Gasteiger partial charge on any atom is 0.155 e. The Morgan fingerprint density at radius 3 is 2.79 bits per heavy atom. The smallest absolute Gasteiger partial charge is 0.155 e. The van der Waals surface area contributed by atoms with Crippen molar-refractivity contribution in [3.63, 3.8) is 0 Å². The summed E-state index contributed by atoms with van der Waals surface area (Å²) < 4.78 is 7.50. The zero-order valence-corrected chi connectivity index (χ0v) is 11.8. The molecule has 0 bridgehead atoms. The van der Waals surface area contributed by atoms with Crippen molar-refractivity contribution in [3.05, 3.63) is 30.5 Å². The van der Waals surface area contributed by atoms with Gasteiger partial charge in [-0.05, 0) is 37.6 Å². The van der Waals surface area contributed by atoms with Crippen LogP contribution in [-0.2, 0) is 11.3 Å². The average Bonchev–Trinajstić information content (AvgIpc) is 2.80. The van der Waals surface area contributed by atoms with E-state index in [4.69, 9.17) is 4.74 Å². The van der Waals surface area contributed by atoms with Crippen LogP contribution in [0.2, 0.25) is 0 Å². The monoisotopic (exact) mass is 259 g/mol. The minimum Gasteiger partial charge on any atom is -0.494 e. The fraction of sp³-hybridized carbons (Fsp3) is 0.438. The zero-order chi connectivity index (χ0) is 13.8. The molecule has 3 heteroatoms. The Hall–Kier alpha value is -1.77. The number of nitrogens with zero attached hydrogens (tertiary/aromatic N) is 1. The SMILES string of the molecule is CCOc1ccc2c(ccn2CC(=O)C(C)CC)c1. The van der Waals surface area contributed by atoms with E-state index in [1.807, 2.05) is 55.8 Å². The minimum absolute atomic E-state index is 0.125. The van der Waals surface area contributed by atoms with Gasteiger partial charge in [0.1, 0.15) is 5.75 Å². The van der Waals surface area contributed by atoms with Gasteiger partial charge in [0.25, 0.3) is 0 Å². The van der Waals surface area contributed by atoms with Crippen LogP contribution in [0.4, 0.5) is 0 Å². The highest BCUT2D eigenvalue weighted by Crippen LogP contribution is 2.22. The Bertz CT molecular complexity index is 571. The number of aromatic nitrogens is 1. The number of benzene rings is 1. The van der Waals surface area contributed by atoms with Gasteiger partial charge in [-0.3, -0.25) is 4.79 Å². The lowest BCUT2D eigenvalue weighted by Crippen LogP contribution is -2.16. The number of hydrogen-bond donors (Lipinski definition) is 0. The lowest BCUT2D eigenvalue weighted by molar-refractivity contribution is -0.122. The van der Waals surface area contributed by atoms with Crippen LogP contribution in [0, 0.1) is 5.92 Å². The Morgan fingerprint density at radius 1 is 1.32 bits per heavy atom. The van der Waals surface area contributed by atoms with Crippen molar-refractivity contribution in [2.45, 2.75) is 33.7 Å². The predicted octanol–water partition coefficient (Wildman–Crippen LogP) is 3.66. The summed E-state index contributed by atoms with van der Waals surface area (Å²) in [7, 11) is 0. The van der Waals surface area contributed by atoms with Gasteiger partial charge in [-0.2, -0.15) is 0 Å². The highest BCUT2D eigenvalue weighted by Gasteiger charge is 2.12. The molecule has 1 aromatic carbocycles. The second-order valence-corrected chi connectivity index (χ2v) is 4.87. The Kier molecular flexibility index (Phi) is 4.25. The van der Waals surface area contributed by atoms with Crippen LogP contribution in [-0.4, -0.2) is 17.0 Å². The van der Waals surface area contributed by atoms with Crippen LogP contribution in [0.25, 0.3) is 10.9 Å². The number of ketones is 1. The third-order valence-electron chi connectivity index (χ3n) is 3.54. The summed E-state index contributed by atoms with van der Waals surface area (Å²) in [6, 6.07) is 8.02. The maximum absolute atomic E-state index is 12.0. The molecule has 0 saturated carbocycles. The van der Waals surface area contributed by atoms with E-state index < -0.39 is 0 Å². The molecule has 0 N–H and O–H groups in total. The average molecular weight is 259 g/mol. The summed E-state index contributed by atoms with van der Waals surface area (Å²) in [6.07, 6.45) is 2.87. The third-order valence-corrected chi connectivity index (χ3v) is 3.54. The standard InChI is InChI=1S/C16H21NO2/c1-4-12(3)16(18)11-17-9-8-13-10-14(19-5-2)6-7-15(13)17/h6-10,12H,4-5,11H2,1-3H3. The normalized spacial score (nSPS) is 12.6. The fourth-order valence-corrected chi connectivity index (χ4v) is 2.12. The van der Waals surface area contributed by atoms with Crippen molar-refractivity contribution in [3.8, 4) is 5.75 Å². The van der Waals surface area contributed by atoms with Crippen molar-refractivity contribution < 1.29 is 9.53 Å². The molecule has 0 fully saturated rings. The Balaban J connectivity index is 2.23. The lowest BCUT2D eigenvalue weighted by Gasteiger charge is -2.10. The van der Waals surface area contributed by atoms with E-state index in [0.717, 1.165) is 23.1 Å². The number of ether oxygens (including phenoxy) is 1. The summed E-state index contributed by atoms with van der Waals surface area (Å²) >= 11 is 0. The van der Waals surface area contributed by atoms with Gasteiger partial charge in [0.2, 0.25) is 0 Å². The highest BCUT2D eigenvalue weighted by atomic mass is 16.5. The van der Waals surface area contributed by atoms with Crippen molar-refractivity contribution in [2.24, 2.45) is 5.92 Å². The van der Waals surface area contributed by atoms with E-state index in [9.17, 15) is 4.79 Å². The number of carbonyl (C=O) groups is 1. The van der Waals surface area contributed by atoms with E-state index >= 15 is 0 Å². The predicted molar refractivity (Wildman–Crippen MR) is 77.6 cm³/mol. The van der Waals surface area contributed by atoms with Crippen LogP contribution in [0.3, 0.4) is 0 Å². The minimum atomic E-state index is 0.125. The molecule has 0 radical (unpaired) electrons. The van der Waals surface area contributed by atoms with Gasteiger partial charge >= 0.3 is 0 Å². The van der Waals surface area contributed by atoms with Gasteiger partial charge in [-0.25, -0.2) is 0 Å². The summed E-state index contributed by atoms with van der Waals surface area (Å²) in [4.78, 5) is 12.0. The Labute approximate surface area is 114 Å². The first-order valence-corrected chi connectivity index (χ1v) is 6.90. The van der Waals surface area contributed by atoms with Gasteiger partial charge in [-0.15, -0.1) is 0 Å². The molecule has 0 aliphatic rings. The number of fused-ring (bicyclic) bond motifs is 1. The van der Waals surface area contributed by atoms with Crippen LogP contribution in [0.1, 0.15) is 27.2 Å². The molecule has 19 heavy (non-hydrogen) atoms. The first-order chi connectivity index (χ1) is 9.15. The molecule has 0 aliphatic heterocycles. The van der Waals surface area contributed by atoms with Gasteiger partial charge < -0.3 is 9.30 Å². The highest BCUT2D eigenvalue weighted by molar-refractivity contribution is 5.85. The lowest BCUT2D eigenvalue weighted by atomic mass is 10.0. The molecule has 1 heterocycles. The topological polar surface area (TPSA) is 31.2 Å². The molecule has 0 saturated heterocycles. The number of carbonyl (C=O) groups excluding carboxylic acids is 1. The number of rotatable bonds is 6. The summed E-state index contributed by atoms with van der Waals surface area (Å²) in [5.41, 5.74) is 1.08.